The Morgan fingerprint density at radius 1 is 1.37 bits per heavy atom. The number of hydrogen-bond acceptors (Lipinski definition) is 5. The number of hydrogen-bond donors (Lipinski definition) is 1. The fourth-order valence-electron chi connectivity index (χ4n) is 2.57. The van der Waals surface area contributed by atoms with Crippen LogP contribution in [0.3, 0.4) is 0 Å². The first-order valence-electron chi connectivity index (χ1n) is 8.16. The molecule has 2 aliphatic rings. The molecule has 0 atom stereocenters. The number of aliphatic carboxylic acids is 1. The summed E-state index contributed by atoms with van der Waals surface area (Å²) < 4.78 is 58.2. The van der Waals surface area contributed by atoms with E-state index in [1.165, 1.54) is 0 Å². The maximum absolute atomic E-state index is 12.4. The number of carboxylic acids is 1. The molecular formula is C16H20F3N3O4S. The number of carboxylic acid groups (broad SMARTS) is 1. The summed E-state index contributed by atoms with van der Waals surface area (Å²) in [6.45, 7) is 6.04. The van der Waals surface area contributed by atoms with Crippen LogP contribution >= 0.6 is 0 Å². The molecule has 0 unspecified atom stereocenters. The summed E-state index contributed by atoms with van der Waals surface area (Å²) in [4.78, 5) is 15.4. The van der Waals surface area contributed by atoms with Crippen LogP contribution in [0.5, 0.6) is 0 Å². The minimum atomic E-state index is -5.08. The minimum Gasteiger partial charge on any atom is -0.475 e. The zero-order valence-corrected chi connectivity index (χ0v) is 15.2. The lowest BCUT2D eigenvalue weighted by Gasteiger charge is -2.22. The van der Waals surface area contributed by atoms with E-state index in [2.05, 4.69) is 16.5 Å². The Morgan fingerprint density at radius 2 is 2.00 bits per heavy atom. The van der Waals surface area contributed by atoms with Gasteiger partial charge in [-0.2, -0.15) is 17.5 Å². The van der Waals surface area contributed by atoms with Gasteiger partial charge in [0.05, 0.1) is 5.25 Å². The van der Waals surface area contributed by atoms with Crippen LogP contribution in [0.2, 0.25) is 0 Å². The molecule has 1 aliphatic carbocycles. The Balaban J connectivity index is 0.000000321. The van der Waals surface area contributed by atoms with Crippen molar-refractivity contribution in [3.8, 4) is 0 Å². The van der Waals surface area contributed by atoms with Crippen LogP contribution in [-0.4, -0.2) is 59.8 Å². The summed E-state index contributed by atoms with van der Waals surface area (Å²) in [5, 5.41) is 6.97. The van der Waals surface area contributed by atoms with Crippen LogP contribution in [0.25, 0.3) is 0 Å². The lowest BCUT2D eigenvalue weighted by Crippen LogP contribution is -2.37. The molecule has 150 valence electrons. The quantitative estimate of drug-likeness (QED) is 0.768. The third-order valence-corrected chi connectivity index (χ3v) is 6.38. The molecule has 3 rings (SSSR count). The number of anilines is 1. The molecule has 0 saturated heterocycles. The lowest BCUT2D eigenvalue weighted by molar-refractivity contribution is -0.192. The zero-order chi connectivity index (χ0) is 20.2. The molecular weight excluding hydrogens is 387 g/mol. The second-order valence-electron chi connectivity index (χ2n) is 6.10. The molecule has 1 aromatic heterocycles. The molecule has 1 saturated carbocycles. The summed E-state index contributed by atoms with van der Waals surface area (Å²) >= 11 is 0. The number of halogens is 3. The molecule has 1 aliphatic heterocycles. The normalized spacial score (nSPS) is 18.0. The van der Waals surface area contributed by atoms with Crippen molar-refractivity contribution in [2.24, 2.45) is 0 Å². The Bertz CT molecular complexity index is 794. The number of nitrogens with zero attached hydrogens (tertiary/aromatic N) is 3. The largest absolute Gasteiger partial charge is 0.490 e. The molecule has 0 aromatic carbocycles. The summed E-state index contributed by atoms with van der Waals surface area (Å²) in [6.07, 6.45) is 0.0910. The van der Waals surface area contributed by atoms with Crippen molar-refractivity contribution in [1.82, 2.24) is 9.29 Å². The average molecular weight is 407 g/mol. The van der Waals surface area contributed by atoms with E-state index >= 15 is 0 Å². The van der Waals surface area contributed by atoms with Gasteiger partial charge in [0.1, 0.15) is 5.82 Å². The van der Waals surface area contributed by atoms with Crippen molar-refractivity contribution in [2.45, 2.75) is 30.8 Å². The average Bonchev–Trinajstić information content (AvgIpc) is 3.42. The topological polar surface area (TPSA) is 90.8 Å². The van der Waals surface area contributed by atoms with Crippen molar-refractivity contribution < 1.29 is 31.5 Å². The molecule has 11 heteroatoms. The third-order valence-electron chi connectivity index (χ3n) is 4.03. The van der Waals surface area contributed by atoms with E-state index in [4.69, 9.17) is 9.90 Å². The highest BCUT2D eigenvalue weighted by Gasteiger charge is 2.41. The second kappa shape index (κ2) is 8.26. The molecule has 0 spiro atoms. The summed E-state index contributed by atoms with van der Waals surface area (Å²) in [6, 6.07) is 3.82. The van der Waals surface area contributed by atoms with Crippen LogP contribution in [0.4, 0.5) is 19.0 Å². The Kier molecular flexibility index (Phi) is 6.47. The highest BCUT2D eigenvalue weighted by molar-refractivity contribution is 7.90. The number of rotatable bonds is 4. The van der Waals surface area contributed by atoms with Gasteiger partial charge in [0.25, 0.3) is 0 Å². The Labute approximate surface area is 155 Å². The van der Waals surface area contributed by atoms with E-state index in [1.807, 2.05) is 18.2 Å². The number of sulfonamides is 1. The van der Waals surface area contributed by atoms with Gasteiger partial charge in [0, 0.05) is 37.9 Å². The van der Waals surface area contributed by atoms with Gasteiger partial charge >= 0.3 is 12.1 Å². The first-order valence-corrected chi connectivity index (χ1v) is 9.66. The van der Waals surface area contributed by atoms with E-state index < -0.39 is 22.2 Å². The molecule has 0 bridgehead atoms. The van der Waals surface area contributed by atoms with Gasteiger partial charge in [-0.05, 0) is 18.9 Å². The fraction of sp³-hybridized carbons (Fsp3) is 0.500. The van der Waals surface area contributed by atoms with Crippen LogP contribution in [0.1, 0.15) is 18.4 Å². The van der Waals surface area contributed by atoms with Crippen LogP contribution in [-0.2, 0) is 21.4 Å². The first-order chi connectivity index (χ1) is 12.6. The van der Waals surface area contributed by atoms with E-state index in [9.17, 15) is 21.6 Å². The number of alkyl halides is 3. The Hall–Kier alpha value is -2.14. The van der Waals surface area contributed by atoms with Crippen molar-refractivity contribution >= 4 is 21.8 Å². The van der Waals surface area contributed by atoms with Gasteiger partial charge in [-0.1, -0.05) is 12.1 Å². The third kappa shape index (κ3) is 5.42. The van der Waals surface area contributed by atoms with Crippen molar-refractivity contribution in [3.05, 3.63) is 36.5 Å². The maximum Gasteiger partial charge on any atom is 0.490 e. The lowest BCUT2D eigenvalue weighted by atomic mass is 10.2. The number of pyridine rings is 1. The molecule has 1 aromatic rings. The van der Waals surface area contributed by atoms with Crippen molar-refractivity contribution in [3.63, 3.8) is 0 Å². The highest BCUT2D eigenvalue weighted by atomic mass is 32.2. The van der Waals surface area contributed by atoms with E-state index in [0.29, 0.717) is 26.2 Å². The smallest absolute Gasteiger partial charge is 0.475 e. The molecule has 1 fully saturated rings. The number of aromatic nitrogens is 1. The van der Waals surface area contributed by atoms with E-state index in [1.54, 1.807) is 10.5 Å². The predicted octanol–water partition coefficient (Wildman–Crippen LogP) is 2.02. The van der Waals surface area contributed by atoms with Crippen LogP contribution in [0, 0.1) is 0 Å². The highest BCUT2D eigenvalue weighted by Crippen LogP contribution is 2.33. The maximum atomic E-state index is 12.4. The monoisotopic (exact) mass is 407 g/mol. The van der Waals surface area contributed by atoms with Crippen LogP contribution < -0.4 is 4.90 Å². The van der Waals surface area contributed by atoms with Gasteiger partial charge in [-0.3, -0.25) is 0 Å². The zero-order valence-electron chi connectivity index (χ0n) is 14.4. The molecule has 0 radical (unpaired) electrons. The predicted molar refractivity (Wildman–Crippen MR) is 92.7 cm³/mol. The summed E-state index contributed by atoms with van der Waals surface area (Å²) in [5.74, 6) is -1.88. The van der Waals surface area contributed by atoms with E-state index in [-0.39, 0.29) is 5.25 Å². The molecule has 2 heterocycles. The standard InChI is InChI=1S/C14H19N3O2S.C2HF3O2/c1-2-8-16-9-10-17(20(18,19)13-5-6-13)11-12-4-3-7-15-14(12)16;3-2(4,5)1(6)7/h2-4,7,13H,1,5-6,8-11H2;(H,6,7). The van der Waals surface area contributed by atoms with Crippen molar-refractivity contribution in [1.29, 1.82) is 0 Å². The molecule has 0 amide bonds. The van der Waals surface area contributed by atoms with Gasteiger partial charge in [0.2, 0.25) is 10.0 Å². The van der Waals surface area contributed by atoms with Crippen molar-refractivity contribution in [2.75, 3.05) is 24.5 Å². The fourth-order valence-corrected chi connectivity index (χ4v) is 4.38. The van der Waals surface area contributed by atoms with Gasteiger partial charge in [-0.15, -0.1) is 6.58 Å². The SMILES string of the molecule is C=CCN1CCN(S(=O)(=O)C2CC2)Cc2cccnc21.O=C(O)C(F)(F)F. The molecule has 7 nitrogen and oxygen atoms in total. The van der Waals surface area contributed by atoms with Gasteiger partial charge < -0.3 is 10.0 Å². The Morgan fingerprint density at radius 3 is 2.52 bits per heavy atom. The van der Waals surface area contributed by atoms with Crippen LogP contribution in [0.15, 0.2) is 31.0 Å². The summed E-state index contributed by atoms with van der Waals surface area (Å²) in [5.41, 5.74) is 0.969. The van der Waals surface area contributed by atoms with Gasteiger partial charge in [-0.25, -0.2) is 18.2 Å². The molecule has 1 N–H and O–H groups in total. The minimum absolute atomic E-state index is 0.159. The summed E-state index contributed by atoms with van der Waals surface area (Å²) in [7, 11) is -3.14. The van der Waals surface area contributed by atoms with Gasteiger partial charge in [0.15, 0.2) is 0 Å². The first kappa shape index (κ1) is 21.2. The second-order valence-corrected chi connectivity index (χ2v) is 8.31. The molecule has 27 heavy (non-hydrogen) atoms. The van der Waals surface area contributed by atoms with E-state index in [0.717, 1.165) is 24.2 Å². The number of fused-ring (bicyclic) bond motifs is 1. The number of carbonyl (C=O) groups is 1.